The van der Waals surface area contributed by atoms with Crippen molar-refractivity contribution >= 4 is 23.6 Å². The molecule has 2 aromatic carbocycles. The lowest BCUT2D eigenvalue weighted by Crippen LogP contribution is -2.00. The molecular weight excluding hydrogens is 282 g/mol. The normalized spacial score (nSPS) is 10.6. The first-order valence-corrected chi connectivity index (χ1v) is 7.00. The molecule has 0 bridgehead atoms. The van der Waals surface area contributed by atoms with E-state index in [2.05, 4.69) is 24.2 Å². The molecule has 21 heavy (non-hydrogen) atoms. The number of aryl methyl sites for hydroxylation is 2. The third-order valence-corrected chi connectivity index (χ3v) is 3.72. The van der Waals surface area contributed by atoms with E-state index in [1.807, 2.05) is 36.4 Å². The molecule has 0 saturated heterocycles. The van der Waals surface area contributed by atoms with E-state index < -0.39 is 0 Å². The molecule has 0 aliphatic heterocycles. The molecule has 0 radical (unpaired) electrons. The minimum absolute atomic E-state index is 0.789. The van der Waals surface area contributed by atoms with Crippen LogP contribution in [-0.4, -0.2) is 6.34 Å². The number of benzene rings is 2. The van der Waals surface area contributed by atoms with E-state index >= 15 is 0 Å². The van der Waals surface area contributed by atoms with Crippen LogP contribution in [-0.2, 0) is 6.42 Å². The van der Waals surface area contributed by atoms with Crippen molar-refractivity contribution in [2.45, 2.75) is 20.3 Å². The Labute approximate surface area is 129 Å². The number of nitrogens with one attached hydrogen (secondary N) is 1. The first-order chi connectivity index (χ1) is 10.1. The summed E-state index contributed by atoms with van der Waals surface area (Å²) in [6, 6.07) is 11.9. The molecule has 0 amide bonds. The van der Waals surface area contributed by atoms with Crippen molar-refractivity contribution in [3.05, 3.63) is 63.7 Å². The fourth-order valence-electron chi connectivity index (χ4n) is 2.29. The van der Waals surface area contributed by atoms with Crippen LogP contribution in [0.3, 0.4) is 0 Å². The average Bonchev–Trinajstić information content (AvgIpc) is 2.45. The third-order valence-electron chi connectivity index (χ3n) is 3.35. The van der Waals surface area contributed by atoms with Gasteiger partial charge in [0, 0.05) is 5.02 Å². The van der Waals surface area contributed by atoms with Crippen molar-refractivity contribution in [3.63, 3.8) is 0 Å². The summed E-state index contributed by atoms with van der Waals surface area (Å²) < 4.78 is 0. The van der Waals surface area contributed by atoms with Gasteiger partial charge in [0.15, 0.2) is 6.19 Å². The maximum absolute atomic E-state index is 8.42. The van der Waals surface area contributed by atoms with Gasteiger partial charge in [-0.25, -0.2) is 4.99 Å². The molecule has 0 unspecified atom stereocenters. The van der Waals surface area contributed by atoms with E-state index in [-0.39, 0.29) is 0 Å². The van der Waals surface area contributed by atoms with Crippen molar-refractivity contribution in [1.29, 1.82) is 5.26 Å². The molecule has 106 valence electrons. The minimum atomic E-state index is 0.789. The van der Waals surface area contributed by atoms with E-state index in [0.717, 1.165) is 22.7 Å². The minimum Gasteiger partial charge on any atom is -0.283 e. The van der Waals surface area contributed by atoms with Crippen LogP contribution in [0.25, 0.3) is 0 Å². The lowest BCUT2D eigenvalue weighted by Gasteiger charge is -2.12. The predicted molar refractivity (Wildman–Crippen MR) is 87.1 cm³/mol. The Morgan fingerprint density at radius 3 is 2.52 bits per heavy atom. The molecule has 1 N–H and O–H groups in total. The standard InChI is InChI=1S/C17H16ClN3/c1-12-7-15(21-11-20-10-19)8-13(2)16(12)9-14-5-3-4-6-17(14)18/h3-8,11H,9H2,1-2H3,(H,20,21). The van der Waals surface area contributed by atoms with Crippen LogP contribution in [0.4, 0.5) is 5.69 Å². The summed E-state index contributed by atoms with van der Waals surface area (Å²) >= 11 is 6.23. The number of nitriles is 1. The number of rotatable bonds is 4. The molecule has 3 nitrogen and oxygen atoms in total. The van der Waals surface area contributed by atoms with E-state index in [4.69, 9.17) is 16.9 Å². The molecule has 0 heterocycles. The van der Waals surface area contributed by atoms with Crippen LogP contribution in [0, 0.1) is 25.3 Å². The first-order valence-electron chi connectivity index (χ1n) is 6.62. The van der Waals surface area contributed by atoms with Crippen molar-refractivity contribution in [2.24, 2.45) is 4.99 Å². The summed E-state index contributed by atoms with van der Waals surface area (Å²) in [7, 11) is 0. The van der Waals surface area contributed by atoms with E-state index in [0.29, 0.717) is 0 Å². The molecule has 2 aromatic rings. The van der Waals surface area contributed by atoms with E-state index in [1.54, 1.807) is 6.19 Å². The smallest absolute Gasteiger partial charge is 0.182 e. The summed E-state index contributed by atoms with van der Waals surface area (Å²) in [6.07, 6.45) is 4.00. The zero-order valence-corrected chi connectivity index (χ0v) is 12.8. The van der Waals surface area contributed by atoms with E-state index in [9.17, 15) is 0 Å². The van der Waals surface area contributed by atoms with E-state index in [1.165, 1.54) is 23.0 Å². The lowest BCUT2D eigenvalue weighted by molar-refractivity contribution is 1.12. The highest BCUT2D eigenvalue weighted by Crippen LogP contribution is 2.26. The molecule has 0 aliphatic rings. The van der Waals surface area contributed by atoms with Gasteiger partial charge in [0.2, 0.25) is 0 Å². The SMILES string of the molecule is Cc1cc(N=CNC#N)cc(C)c1Cc1ccccc1Cl. The summed E-state index contributed by atoms with van der Waals surface area (Å²) in [5.41, 5.74) is 5.54. The highest BCUT2D eigenvalue weighted by Gasteiger charge is 2.08. The maximum Gasteiger partial charge on any atom is 0.182 e. The van der Waals surface area contributed by atoms with Gasteiger partial charge in [0.25, 0.3) is 0 Å². The Balaban J connectivity index is 2.30. The highest BCUT2D eigenvalue weighted by molar-refractivity contribution is 6.31. The van der Waals surface area contributed by atoms with Gasteiger partial charge >= 0.3 is 0 Å². The van der Waals surface area contributed by atoms with Crippen LogP contribution in [0.1, 0.15) is 22.3 Å². The monoisotopic (exact) mass is 297 g/mol. The van der Waals surface area contributed by atoms with Gasteiger partial charge in [0.05, 0.1) is 5.69 Å². The molecule has 0 aliphatic carbocycles. The van der Waals surface area contributed by atoms with Crippen LogP contribution >= 0.6 is 11.6 Å². The van der Waals surface area contributed by atoms with Gasteiger partial charge in [-0.1, -0.05) is 29.8 Å². The summed E-state index contributed by atoms with van der Waals surface area (Å²) in [5.74, 6) is 0. The number of hydrogen-bond acceptors (Lipinski definition) is 2. The Kier molecular flexibility index (Phi) is 4.97. The molecule has 0 saturated carbocycles. The number of nitrogens with zero attached hydrogens (tertiary/aromatic N) is 2. The topological polar surface area (TPSA) is 48.2 Å². The van der Waals surface area contributed by atoms with Crippen molar-refractivity contribution in [2.75, 3.05) is 0 Å². The second-order valence-corrected chi connectivity index (χ2v) is 5.25. The number of halogens is 1. The molecule has 0 fully saturated rings. The molecule has 0 spiro atoms. The highest BCUT2D eigenvalue weighted by atomic mass is 35.5. The van der Waals surface area contributed by atoms with Crippen molar-refractivity contribution < 1.29 is 0 Å². The largest absolute Gasteiger partial charge is 0.283 e. The number of hydrogen-bond donors (Lipinski definition) is 1. The molecule has 4 heteroatoms. The number of aliphatic imine (C=N–C) groups is 1. The average molecular weight is 298 g/mol. The predicted octanol–water partition coefficient (Wildman–Crippen LogP) is 4.28. The first kappa shape index (κ1) is 15.1. The van der Waals surface area contributed by atoms with Gasteiger partial charge in [-0.05, 0) is 60.7 Å². The Bertz CT molecular complexity index is 691. The van der Waals surface area contributed by atoms with Crippen LogP contribution in [0.15, 0.2) is 41.4 Å². The van der Waals surface area contributed by atoms with Crippen LogP contribution < -0.4 is 5.32 Å². The van der Waals surface area contributed by atoms with Crippen LogP contribution in [0.2, 0.25) is 5.02 Å². The van der Waals surface area contributed by atoms with Crippen molar-refractivity contribution in [1.82, 2.24) is 5.32 Å². The second kappa shape index (κ2) is 6.92. The summed E-state index contributed by atoms with van der Waals surface area (Å²) in [5, 5.41) is 11.6. The maximum atomic E-state index is 8.42. The fraction of sp³-hybridized carbons (Fsp3) is 0.176. The van der Waals surface area contributed by atoms with Crippen molar-refractivity contribution in [3.8, 4) is 6.19 Å². The van der Waals surface area contributed by atoms with Gasteiger partial charge < -0.3 is 0 Å². The molecule has 2 rings (SSSR count). The van der Waals surface area contributed by atoms with Gasteiger partial charge in [-0.3, -0.25) is 5.32 Å². The third kappa shape index (κ3) is 3.84. The Hall–Kier alpha value is -2.31. The molecule has 0 aromatic heterocycles. The quantitative estimate of drug-likeness (QED) is 0.396. The Morgan fingerprint density at radius 1 is 1.24 bits per heavy atom. The fourth-order valence-corrected chi connectivity index (χ4v) is 2.49. The summed E-state index contributed by atoms with van der Waals surface area (Å²) in [4.78, 5) is 4.20. The molecular formula is C17H16ClN3. The lowest BCUT2D eigenvalue weighted by atomic mass is 9.95. The van der Waals surface area contributed by atoms with Gasteiger partial charge in [0.1, 0.15) is 6.34 Å². The zero-order valence-electron chi connectivity index (χ0n) is 12.0. The van der Waals surface area contributed by atoms with Crippen LogP contribution in [0.5, 0.6) is 0 Å². The summed E-state index contributed by atoms with van der Waals surface area (Å²) in [6.45, 7) is 4.13. The van der Waals surface area contributed by atoms with Gasteiger partial charge in [-0.2, -0.15) is 5.26 Å². The van der Waals surface area contributed by atoms with Gasteiger partial charge in [-0.15, -0.1) is 0 Å². The molecule has 0 atom stereocenters. The zero-order chi connectivity index (χ0) is 15.2. The second-order valence-electron chi connectivity index (χ2n) is 4.84. The Morgan fingerprint density at radius 2 is 1.90 bits per heavy atom.